The third kappa shape index (κ3) is 5.96. The van der Waals surface area contributed by atoms with Gasteiger partial charge in [0.25, 0.3) is 0 Å². The van der Waals surface area contributed by atoms with Crippen LogP contribution in [0.15, 0.2) is 27.4 Å². The molecular weight excluding hydrogens is 436 g/mol. The van der Waals surface area contributed by atoms with Crippen LogP contribution in [0, 0.1) is 0 Å². The van der Waals surface area contributed by atoms with Crippen molar-refractivity contribution in [3.63, 3.8) is 0 Å². The Labute approximate surface area is 190 Å². The number of unbranched alkanes of at least 4 members (excludes halogenated alkanes) is 5. The van der Waals surface area contributed by atoms with Crippen LogP contribution in [0.3, 0.4) is 0 Å². The van der Waals surface area contributed by atoms with Gasteiger partial charge in [0.1, 0.15) is 35.7 Å². The van der Waals surface area contributed by atoms with Crippen LogP contribution in [-0.2, 0) is 4.74 Å². The molecule has 0 radical (unpaired) electrons. The summed E-state index contributed by atoms with van der Waals surface area (Å²) in [6, 6.07) is 4.21. The molecular formula is C23H32O10. The maximum absolute atomic E-state index is 12.3. The van der Waals surface area contributed by atoms with Crippen molar-refractivity contribution in [2.75, 3.05) is 13.2 Å². The van der Waals surface area contributed by atoms with Crippen molar-refractivity contribution in [2.45, 2.75) is 76.2 Å². The fourth-order valence-corrected chi connectivity index (χ4v) is 3.70. The zero-order chi connectivity index (χ0) is 24.0. The molecule has 1 aromatic heterocycles. The first-order chi connectivity index (χ1) is 15.9. The third-order valence-corrected chi connectivity index (χ3v) is 5.66. The van der Waals surface area contributed by atoms with E-state index in [0.29, 0.717) is 0 Å². The van der Waals surface area contributed by atoms with E-state index in [-0.39, 0.29) is 34.8 Å². The van der Waals surface area contributed by atoms with Crippen LogP contribution >= 0.6 is 0 Å². The summed E-state index contributed by atoms with van der Waals surface area (Å²) in [6.45, 7) is 1.84. The summed E-state index contributed by atoms with van der Waals surface area (Å²) >= 11 is 0. The maximum Gasteiger partial charge on any atom is 0.383 e. The number of fused-ring (bicyclic) bond motifs is 1. The molecule has 2 aromatic rings. The normalized spacial score (nSPS) is 25.3. The predicted octanol–water partition coefficient (Wildman–Crippen LogP) is 1.42. The number of rotatable bonds is 11. The number of hydrogen-bond donors (Lipinski definition) is 5. The Morgan fingerprint density at radius 2 is 1.73 bits per heavy atom. The molecule has 0 aliphatic carbocycles. The lowest BCUT2D eigenvalue weighted by molar-refractivity contribution is -0.277. The summed E-state index contributed by atoms with van der Waals surface area (Å²) in [5, 5.41) is 49.9. The molecule has 10 heteroatoms. The highest BCUT2D eigenvalue weighted by Gasteiger charge is 2.44. The lowest BCUT2D eigenvalue weighted by Gasteiger charge is -2.39. The van der Waals surface area contributed by atoms with Crippen molar-refractivity contribution in [1.29, 1.82) is 0 Å². The second kappa shape index (κ2) is 11.7. The van der Waals surface area contributed by atoms with Crippen molar-refractivity contribution >= 4 is 11.0 Å². The summed E-state index contributed by atoms with van der Waals surface area (Å²) in [5.41, 5.74) is -0.817. The van der Waals surface area contributed by atoms with E-state index >= 15 is 0 Å². The van der Waals surface area contributed by atoms with Crippen LogP contribution in [0.4, 0.5) is 0 Å². The molecule has 0 saturated carbocycles. The van der Waals surface area contributed by atoms with Gasteiger partial charge in [0.2, 0.25) is 12.0 Å². The summed E-state index contributed by atoms with van der Waals surface area (Å²) in [4.78, 5) is 12.3. The van der Waals surface area contributed by atoms with E-state index in [4.69, 9.17) is 18.6 Å². The second-order valence-electron chi connectivity index (χ2n) is 8.16. The molecule has 0 bridgehead atoms. The van der Waals surface area contributed by atoms with Crippen LogP contribution in [0.25, 0.3) is 11.0 Å². The van der Waals surface area contributed by atoms with Gasteiger partial charge in [0.15, 0.2) is 5.75 Å². The zero-order valence-electron chi connectivity index (χ0n) is 18.6. The first-order valence-corrected chi connectivity index (χ1v) is 11.3. The molecule has 1 fully saturated rings. The van der Waals surface area contributed by atoms with E-state index in [0.717, 1.165) is 32.1 Å². The van der Waals surface area contributed by atoms with Gasteiger partial charge in [-0.2, -0.15) is 0 Å². The minimum Gasteiger partial charge on any atom is -0.504 e. The molecule has 1 aliphatic rings. The van der Waals surface area contributed by atoms with Crippen molar-refractivity contribution in [2.24, 2.45) is 0 Å². The van der Waals surface area contributed by atoms with Gasteiger partial charge < -0.3 is 44.2 Å². The first kappa shape index (κ1) is 25.3. The van der Waals surface area contributed by atoms with Gasteiger partial charge in [0.05, 0.1) is 18.6 Å². The quantitative estimate of drug-likeness (QED) is 0.241. The Hall–Kier alpha value is -2.37. The van der Waals surface area contributed by atoms with E-state index in [2.05, 4.69) is 6.92 Å². The van der Waals surface area contributed by atoms with Crippen molar-refractivity contribution in [3.8, 4) is 17.2 Å². The molecule has 2 heterocycles. The van der Waals surface area contributed by atoms with Gasteiger partial charge in [-0.3, -0.25) is 0 Å². The van der Waals surface area contributed by atoms with Crippen LogP contribution in [-0.4, -0.2) is 69.5 Å². The number of benzene rings is 1. The van der Waals surface area contributed by atoms with Gasteiger partial charge in [-0.15, -0.1) is 0 Å². The van der Waals surface area contributed by atoms with Gasteiger partial charge in [0, 0.05) is 6.07 Å². The van der Waals surface area contributed by atoms with E-state index in [1.54, 1.807) is 0 Å². The molecule has 1 aromatic carbocycles. The van der Waals surface area contributed by atoms with Crippen molar-refractivity contribution in [3.05, 3.63) is 28.6 Å². The molecule has 5 atom stereocenters. The fourth-order valence-electron chi connectivity index (χ4n) is 3.70. The smallest absolute Gasteiger partial charge is 0.383 e. The molecule has 1 saturated heterocycles. The first-order valence-electron chi connectivity index (χ1n) is 11.3. The average Bonchev–Trinajstić information content (AvgIpc) is 2.80. The van der Waals surface area contributed by atoms with Crippen LogP contribution in [0.2, 0.25) is 0 Å². The molecule has 0 spiro atoms. The fraction of sp³-hybridized carbons (Fsp3) is 0.609. The van der Waals surface area contributed by atoms with Crippen molar-refractivity contribution in [1.82, 2.24) is 0 Å². The molecule has 184 valence electrons. The summed E-state index contributed by atoms with van der Waals surface area (Å²) < 4.78 is 21.6. The van der Waals surface area contributed by atoms with Crippen molar-refractivity contribution < 1.29 is 44.2 Å². The van der Waals surface area contributed by atoms with Gasteiger partial charge in [-0.25, -0.2) is 4.79 Å². The molecule has 10 nitrogen and oxygen atoms in total. The average molecular weight is 468 g/mol. The largest absolute Gasteiger partial charge is 0.504 e. The minimum absolute atomic E-state index is 0.0199. The van der Waals surface area contributed by atoms with E-state index in [9.17, 15) is 30.3 Å². The summed E-state index contributed by atoms with van der Waals surface area (Å²) in [6.07, 6.45) is -0.862. The Morgan fingerprint density at radius 3 is 2.45 bits per heavy atom. The van der Waals surface area contributed by atoms with Crippen LogP contribution in [0.1, 0.15) is 45.4 Å². The third-order valence-electron chi connectivity index (χ3n) is 5.66. The SMILES string of the molecule is CCCCCCCCOc1c(O)c2ccc(O[C@@H]3O[C@H](CO)[C@@H](O)[C@H](O)[C@H]3O)cc2oc1=O. The lowest BCUT2D eigenvalue weighted by atomic mass is 9.99. The van der Waals surface area contributed by atoms with Gasteiger partial charge in [-0.1, -0.05) is 39.0 Å². The Kier molecular flexibility index (Phi) is 8.93. The highest BCUT2D eigenvalue weighted by atomic mass is 16.7. The number of ether oxygens (including phenoxy) is 3. The van der Waals surface area contributed by atoms with E-state index in [1.807, 2.05) is 0 Å². The number of hydrogen-bond acceptors (Lipinski definition) is 10. The van der Waals surface area contributed by atoms with E-state index in [1.165, 1.54) is 24.6 Å². The molecule has 0 amide bonds. The monoisotopic (exact) mass is 468 g/mol. The Morgan fingerprint density at radius 1 is 1.00 bits per heavy atom. The topological polar surface area (TPSA) is 159 Å². The molecule has 1 aliphatic heterocycles. The molecule has 5 N–H and O–H groups in total. The number of aromatic hydroxyl groups is 1. The molecule has 0 unspecified atom stereocenters. The minimum atomic E-state index is -1.59. The summed E-state index contributed by atoms with van der Waals surface area (Å²) in [5.74, 6) is -0.486. The Balaban J connectivity index is 1.69. The summed E-state index contributed by atoms with van der Waals surface area (Å²) in [7, 11) is 0. The van der Waals surface area contributed by atoms with Gasteiger partial charge >= 0.3 is 5.63 Å². The maximum atomic E-state index is 12.3. The predicted molar refractivity (Wildman–Crippen MR) is 117 cm³/mol. The highest BCUT2D eigenvalue weighted by molar-refractivity contribution is 5.86. The second-order valence-corrected chi connectivity index (χ2v) is 8.16. The zero-order valence-corrected chi connectivity index (χ0v) is 18.6. The number of aliphatic hydroxyl groups is 4. The van der Waals surface area contributed by atoms with Gasteiger partial charge in [-0.05, 0) is 18.6 Å². The molecule has 3 rings (SSSR count). The lowest BCUT2D eigenvalue weighted by Crippen LogP contribution is -2.60. The van der Waals surface area contributed by atoms with E-state index < -0.39 is 42.9 Å². The van der Waals surface area contributed by atoms with Crippen LogP contribution < -0.4 is 15.1 Å². The Bertz CT molecular complexity index is 956. The molecule has 33 heavy (non-hydrogen) atoms. The highest BCUT2D eigenvalue weighted by Crippen LogP contribution is 2.34. The van der Waals surface area contributed by atoms with Crippen LogP contribution in [0.5, 0.6) is 17.2 Å². The number of aliphatic hydroxyl groups excluding tert-OH is 4. The standard InChI is InChI=1S/C23H32O10/c1-2-3-4-5-6-7-10-30-21-17(25)14-9-8-13(11-15(14)32-22(21)29)31-23-20(28)19(27)18(26)16(12-24)33-23/h8-9,11,16,18-20,23-28H,2-7,10,12H2,1H3/t16-,18-,19+,20-,23-/m1/s1.